The number of methoxy groups -OCH3 is 1. The van der Waals surface area contributed by atoms with Crippen molar-refractivity contribution in [3.8, 4) is 11.5 Å². The van der Waals surface area contributed by atoms with Crippen molar-refractivity contribution in [1.82, 2.24) is 5.32 Å². The number of hydrogen-bond donors (Lipinski definition) is 2. The summed E-state index contributed by atoms with van der Waals surface area (Å²) in [6.45, 7) is 3.22. The van der Waals surface area contributed by atoms with Crippen LogP contribution in [0.15, 0.2) is 48.5 Å². The molecule has 0 bridgehead atoms. The fourth-order valence-corrected chi connectivity index (χ4v) is 2.19. The molecule has 0 aliphatic heterocycles. The average Bonchev–Trinajstić information content (AvgIpc) is 2.55. The first-order chi connectivity index (χ1) is 10.7. The number of para-hydroxylation sites is 1. The number of benzene rings is 2. The summed E-state index contributed by atoms with van der Waals surface area (Å²) in [7, 11) is 1.66. The molecule has 0 atom stereocenters. The van der Waals surface area contributed by atoms with Gasteiger partial charge < -0.3 is 20.1 Å². The minimum Gasteiger partial charge on any atom is -0.496 e. The molecule has 2 aromatic carbocycles. The minimum absolute atomic E-state index is 0.565. The Hall–Kier alpha value is -2.27. The van der Waals surface area contributed by atoms with Gasteiger partial charge in [0.1, 0.15) is 11.5 Å². The Balaban J connectivity index is 1.87. The normalized spacial score (nSPS) is 9.91. The average molecular weight is 316 g/mol. The molecule has 0 aliphatic rings. The van der Waals surface area contributed by atoms with E-state index in [9.17, 15) is 0 Å². The van der Waals surface area contributed by atoms with E-state index < -0.39 is 0 Å². The van der Waals surface area contributed by atoms with Crippen LogP contribution in [0.1, 0.15) is 12.5 Å². The van der Waals surface area contributed by atoms with Gasteiger partial charge in [0.05, 0.1) is 13.7 Å². The van der Waals surface area contributed by atoms with Crippen LogP contribution in [0.3, 0.4) is 0 Å². The minimum atomic E-state index is 0.565. The van der Waals surface area contributed by atoms with Crippen LogP contribution in [-0.4, -0.2) is 18.8 Å². The molecule has 116 valence electrons. The van der Waals surface area contributed by atoms with Crippen LogP contribution < -0.4 is 20.1 Å². The summed E-state index contributed by atoms with van der Waals surface area (Å²) in [4.78, 5) is 0. The third-order valence-corrected chi connectivity index (χ3v) is 3.30. The van der Waals surface area contributed by atoms with Gasteiger partial charge in [0.25, 0.3) is 0 Å². The fourth-order valence-electron chi connectivity index (χ4n) is 2.00. The molecule has 0 radical (unpaired) electrons. The zero-order chi connectivity index (χ0) is 15.8. The number of nitrogens with one attached hydrogen (secondary N) is 2. The lowest BCUT2D eigenvalue weighted by molar-refractivity contribution is 0.340. The Morgan fingerprint density at radius 1 is 1.09 bits per heavy atom. The summed E-state index contributed by atoms with van der Waals surface area (Å²) in [5, 5.41) is 6.88. The molecule has 2 rings (SSSR count). The maximum atomic E-state index is 5.41. The van der Waals surface area contributed by atoms with Crippen LogP contribution in [-0.2, 0) is 6.54 Å². The lowest BCUT2D eigenvalue weighted by Gasteiger charge is -2.13. The van der Waals surface area contributed by atoms with Gasteiger partial charge in [-0.3, -0.25) is 0 Å². The standard InChI is InChI=1S/C17H20N2O2S/c1-3-21-15-10-8-14(9-11-15)19-17(22)18-12-13-6-4-5-7-16(13)20-2/h4-11H,3,12H2,1-2H3,(H2,18,19,22). The summed E-state index contributed by atoms with van der Waals surface area (Å²) >= 11 is 5.30. The van der Waals surface area contributed by atoms with E-state index in [4.69, 9.17) is 21.7 Å². The SMILES string of the molecule is CCOc1ccc(NC(=S)NCc2ccccc2OC)cc1. The van der Waals surface area contributed by atoms with Crippen molar-refractivity contribution in [2.24, 2.45) is 0 Å². The topological polar surface area (TPSA) is 42.5 Å². The van der Waals surface area contributed by atoms with Crippen LogP contribution in [0.5, 0.6) is 11.5 Å². The largest absolute Gasteiger partial charge is 0.496 e. The van der Waals surface area contributed by atoms with Crippen LogP contribution in [0, 0.1) is 0 Å². The zero-order valence-electron chi connectivity index (χ0n) is 12.8. The number of rotatable bonds is 6. The van der Waals surface area contributed by atoms with E-state index in [2.05, 4.69) is 10.6 Å². The molecule has 22 heavy (non-hydrogen) atoms. The van der Waals surface area contributed by atoms with E-state index >= 15 is 0 Å². The van der Waals surface area contributed by atoms with Crippen LogP contribution >= 0.6 is 12.2 Å². The maximum Gasteiger partial charge on any atom is 0.171 e. The Bertz CT molecular complexity index is 614. The second-order valence-electron chi connectivity index (χ2n) is 4.58. The van der Waals surface area contributed by atoms with Crippen molar-refractivity contribution in [2.75, 3.05) is 19.0 Å². The van der Waals surface area contributed by atoms with E-state index in [1.165, 1.54) is 0 Å². The summed E-state index contributed by atoms with van der Waals surface area (Å²) in [6, 6.07) is 15.5. The summed E-state index contributed by atoms with van der Waals surface area (Å²) in [6.07, 6.45) is 0. The second kappa shape index (κ2) is 8.24. The third-order valence-electron chi connectivity index (χ3n) is 3.06. The molecule has 0 aromatic heterocycles. The van der Waals surface area contributed by atoms with Crippen molar-refractivity contribution in [1.29, 1.82) is 0 Å². The molecule has 2 aromatic rings. The van der Waals surface area contributed by atoms with Gasteiger partial charge in [-0.2, -0.15) is 0 Å². The predicted octanol–water partition coefficient (Wildman–Crippen LogP) is 3.58. The Labute approximate surface area is 136 Å². The fraction of sp³-hybridized carbons (Fsp3) is 0.235. The summed E-state index contributed by atoms with van der Waals surface area (Å²) < 4.78 is 10.7. The number of hydrogen-bond acceptors (Lipinski definition) is 3. The van der Waals surface area contributed by atoms with Crippen molar-refractivity contribution in [2.45, 2.75) is 13.5 Å². The number of thiocarbonyl (C=S) groups is 1. The van der Waals surface area contributed by atoms with E-state index in [1.54, 1.807) is 7.11 Å². The molecule has 0 amide bonds. The van der Waals surface area contributed by atoms with E-state index in [-0.39, 0.29) is 0 Å². The van der Waals surface area contributed by atoms with Gasteiger partial charge in [-0.05, 0) is 49.5 Å². The van der Waals surface area contributed by atoms with Crippen LogP contribution in [0.4, 0.5) is 5.69 Å². The highest BCUT2D eigenvalue weighted by molar-refractivity contribution is 7.80. The van der Waals surface area contributed by atoms with E-state index in [0.717, 1.165) is 22.7 Å². The first-order valence-corrected chi connectivity index (χ1v) is 7.53. The molecule has 0 aliphatic carbocycles. The second-order valence-corrected chi connectivity index (χ2v) is 4.99. The molecule has 2 N–H and O–H groups in total. The summed E-state index contributed by atoms with van der Waals surface area (Å²) in [5.74, 6) is 1.69. The van der Waals surface area contributed by atoms with Gasteiger partial charge in [-0.25, -0.2) is 0 Å². The first-order valence-electron chi connectivity index (χ1n) is 7.12. The molecule has 4 nitrogen and oxygen atoms in total. The number of ether oxygens (including phenoxy) is 2. The highest BCUT2D eigenvalue weighted by Gasteiger charge is 2.03. The smallest absolute Gasteiger partial charge is 0.171 e. The monoisotopic (exact) mass is 316 g/mol. The molecular formula is C17H20N2O2S. The highest BCUT2D eigenvalue weighted by Crippen LogP contribution is 2.17. The molecular weight excluding hydrogens is 296 g/mol. The predicted molar refractivity (Wildman–Crippen MR) is 93.7 cm³/mol. The van der Waals surface area contributed by atoms with Crippen molar-refractivity contribution in [3.63, 3.8) is 0 Å². The maximum absolute atomic E-state index is 5.41. The lowest BCUT2D eigenvalue weighted by Crippen LogP contribution is -2.28. The third kappa shape index (κ3) is 4.63. The Morgan fingerprint density at radius 2 is 1.82 bits per heavy atom. The molecule has 5 heteroatoms. The Morgan fingerprint density at radius 3 is 2.50 bits per heavy atom. The van der Waals surface area contributed by atoms with Crippen LogP contribution in [0.2, 0.25) is 0 Å². The van der Waals surface area contributed by atoms with Gasteiger partial charge in [0.2, 0.25) is 0 Å². The van der Waals surface area contributed by atoms with Crippen molar-refractivity contribution < 1.29 is 9.47 Å². The molecule has 0 unspecified atom stereocenters. The van der Waals surface area contributed by atoms with Gasteiger partial charge in [0, 0.05) is 17.8 Å². The van der Waals surface area contributed by atoms with Crippen molar-refractivity contribution >= 4 is 23.0 Å². The zero-order valence-corrected chi connectivity index (χ0v) is 13.6. The molecule has 0 spiro atoms. The highest BCUT2D eigenvalue weighted by atomic mass is 32.1. The van der Waals surface area contributed by atoms with Gasteiger partial charge in [-0.1, -0.05) is 18.2 Å². The van der Waals surface area contributed by atoms with Gasteiger partial charge >= 0.3 is 0 Å². The molecule has 0 saturated heterocycles. The van der Waals surface area contributed by atoms with Gasteiger partial charge in [0.15, 0.2) is 5.11 Å². The molecule has 0 heterocycles. The van der Waals surface area contributed by atoms with E-state index in [0.29, 0.717) is 18.3 Å². The lowest BCUT2D eigenvalue weighted by atomic mass is 10.2. The first kappa shape index (κ1) is 16.1. The summed E-state index contributed by atoms with van der Waals surface area (Å²) in [5.41, 5.74) is 1.97. The molecule has 0 saturated carbocycles. The van der Waals surface area contributed by atoms with Crippen LogP contribution in [0.25, 0.3) is 0 Å². The number of anilines is 1. The van der Waals surface area contributed by atoms with E-state index in [1.807, 2.05) is 55.5 Å². The Kier molecular flexibility index (Phi) is 6.03. The van der Waals surface area contributed by atoms with Gasteiger partial charge in [-0.15, -0.1) is 0 Å². The van der Waals surface area contributed by atoms with Crippen molar-refractivity contribution in [3.05, 3.63) is 54.1 Å². The molecule has 0 fully saturated rings. The quantitative estimate of drug-likeness (QED) is 0.797.